The zero-order valence-corrected chi connectivity index (χ0v) is 8.27. The zero-order chi connectivity index (χ0) is 11.1. The summed E-state index contributed by atoms with van der Waals surface area (Å²) in [5.74, 6) is -0.657. The van der Waals surface area contributed by atoms with Gasteiger partial charge in [-0.25, -0.2) is 0 Å². The number of rotatable bonds is 2. The van der Waals surface area contributed by atoms with Crippen molar-refractivity contribution < 1.29 is 32.8 Å². The van der Waals surface area contributed by atoms with Crippen LogP contribution in [-0.2, 0) is 23.0 Å². The van der Waals surface area contributed by atoms with E-state index >= 15 is 0 Å². The van der Waals surface area contributed by atoms with Gasteiger partial charge in [-0.3, -0.25) is 14.9 Å². The van der Waals surface area contributed by atoms with Crippen LogP contribution in [0.3, 0.4) is 0 Å². The number of carbonyl (C=O) groups is 2. The Hall–Kier alpha value is -1.04. The largest absolute Gasteiger partial charge is 0.745 e. The maximum absolute atomic E-state index is 10.0. The van der Waals surface area contributed by atoms with E-state index in [0.29, 0.717) is 0 Å². The lowest BCUT2D eigenvalue weighted by molar-refractivity contribution is -0.123. The second-order valence-electron chi connectivity index (χ2n) is 1.74. The highest BCUT2D eigenvalue weighted by Crippen LogP contribution is 2.30. The molecule has 10 heteroatoms. The van der Waals surface area contributed by atoms with Gasteiger partial charge >= 0.3 is 16.5 Å². The molecule has 0 aromatic carbocycles. The number of imide groups is 1. The van der Waals surface area contributed by atoms with Crippen LogP contribution in [0, 0.1) is 0 Å². The van der Waals surface area contributed by atoms with Gasteiger partial charge < -0.3 is 0 Å². The van der Waals surface area contributed by atoms with Crippen molar-refractivity contribution in [3.8, 4) is 0 Å². The van der Waals surface area contributed by atoms with Gasteiger partial charge in [0.05, 0.1) is 0 Å². The first-order valence-electron chi connectivity index (χ1n) is 2.95. The zero-order valence-electron chi connectivity index (χ0n) is 6.48. The van der Waals surface area contributed by atoms with E-state index in [4.69, 9.17) is 9.79 Å². The Morgan fingerprint density at radius 1 is 1.07 bits per heavy atom. The molecular weight excluding hydrogens is 236 g/mol. The lowest BCUT2D eigenvalue weighted by atomic mass is 10.6. The minimum atomic E-state index is -2.92. The van der Waals surface area contributed by atoms with Crippen LogP contribution in [0.4, 0.5) is 0 Å². The standard InChI is InChI=1S/C4H3NO2.O5P2/c6-3-1-2-4(7)5-3;1-6(2)5-7(3)4/h1-2H,(H,5,6,7);/p+2. The summed E-state index contributed by atoms with van der Waals surface area (Å²) < 4.78 is 22.2. The molecule has 1 aliphatic rings. The van der Waals surface area contributed by atoms with Crippen LogP contribution >= 0.6 is 16.5 Å². The lowest BCUT2D eigenvalue weighted by Crippen LogP contribution is -2.19. The molecule has 3 N–H and O–H groups in total. The van der Waals surface area contributed by atoms with E-state index in [1.54, 1.807) is 0 Å². The second kappa shape index (κ2) is 6.42. The normalized spacial score (nSPS) is 15.6. The molecule has 0 bridgehead atoms. The van der Waals surface area contributed by atoms with Crippen LogP contribution in [0.25, 0.3) is 0 Å². The summed E-state index contributed by atoms with van der Waals surface area (Å²) in [7, 11) is -5.85. The van der Waals surface area contributed by atoms with E-state index in [1.165, 1.54) is 12.2 Å². The van der Waals surface area contributed by atoms with Crippen LogP contribution in [0.1, 0.15) is 0 Å². The number of hydrogen-bond donors (Lipinski definition) is 3. The molecule has 1 rings (SSSR count). The van der Waals surface area contributed by atoms with Crippen molar-refractivity contribution >= 4 is 28.3 Å². The summed E-state index contributed by atoms with van der Waals surface area (Å²) in [6.07, 6.45) is 2.39. The molecule has 0 saturated carbocycles. The highest BCUT2D eigenvalue weighted by atomic mass is 31.2. The fourth-order valence-electron chi connectivity index (χ4n) is 0.416. The first kappa shape index (κ1) is 13.0. The molecular formula is C4H5NO7P2+2. The lowest BCUT2D eigenvalue weighted by Gasteiger charge is -1.80. The third kappa shape index (κ3) is 7.60. The van der Waals surface area contributed by atoms with E-state index in [1.807, 2.05) is 5.32 Å². The minimum Gasteiger partial charge on any atom is -0.289 e. The summed E-state index contributed by atoms with van der Waals surface area (Å²) >= 11 is 0. The Kier molecular flexibility index (Phi) is 5.94. The van der Waals surface area contributed by atoms with Gasteiger partial charge in [0.2, 0.25) is 0 Å². The summed E-state index contributed by atoms with van der Waals surface area (Å²) in [6, 6.07) is 0. The number of carbonyl (C=O) groups excluding carboxylic acids is 2. The van der Waals surface area contributed by atoms with Crippen LogP contribution in [0.2, 0.25) is 0 Å². The van der Waals surface area contributed by atoms with Gasteiger partial charge in [-0.2, -0.15) is 0 Å². The SMILES string of the molecule is O=C1C=CC(=O)N1.O=[P+](O)O[P+](=O)O. The Bertz CT molecular complexity index is 283. The molecule has 2 atom stereocenters. The average molecular weight is 241 g/mol. The maximum Gasteiger partial charge on any atom is 0.745 e. The van der Waals surface area contributed by atoms with Crippen LogP contribution in [0.15, 0.2) is 12.2 Å². The number of hydrogen-bond acceptors (Lipinski definition) is 5. The van der Waals surface area contributed by atoms with Gasteiger partial charge in [0.25, 0.3) is 11.8 Å². The summed E-state index contributed by atoms with van der Waals surface area (Å²) in [5, 5.41) is 2.03. The summed E-state index contributed by atoms with van der Waals surface area (Å²) in [6.45, 7) is 0. The molecule has 0 aromatic heterocycles. The predicted molar refractivity (Wildman–Crippen MR) is 43.0 cm³/mol. The monoisotopic (exact) mass is 241 g/mol. The smallest absolute Gasteiger partial charge is 0.289 e. The molecule has 0 fully saturated rings. The highest BCUT2D eigenvalue weighted by Gasteiger charge is 2.31. The first-order chi connectivity index (χ1) is 6.41. The van der Waals surface area contributed by atoms with Gasteiger partial charge in [-0.1, -0.05) is 0 Å². The Balaban J connectivity index is 0.000000241. The highest BCUT2D eigenvalue weighted by molar-refractivity contribution is 7.46. The van der Waals surface area contributed by atoms with Gasteiger partial charge in [-0.05, 0) is 0 Å². The molecule has 0 saturated heterocycles. The van der Waals surface area contributed by atoms with E-state index in [-0.39, 0.29) is 11.8 Å². The van der Waals surface area contributed by atoms with Crippen LogP contribution in [-0.4, -0.2) is 21.6 Å². The maximum atomic E-state index is 10.0. The molecule has 1 heterocycles. The van der Waals surface area contributed by atoms with Crippen LogP contribution in [0.5, 0.6) is 0 Å². The van der Waals surface area contributed by atoms with Crippen molar-refractivity contribution in [3.05, 3.63) is 12.2 Å². The summed E-state index contributed by atoms with van der Waals surface area (Å²) in [5.41, 5.74) is 0. The molecule has 76 valence electrons. The Morgan fingerprint density at radius 3 is 1.50 bits per heavy atom. The fraction of sp³-hybridized carbons (Fsp3) is 0. The van der Waals surface area contributed by atoms with E-state index in [9.17, 15) is 18.7 Å². The van der Waals surface area contributed by atoms with Crippen LogP contribution < -0.4 is 5.32 Å². The molecule has 0 radical (unpaired) electrons. The molecule has 1 aliphatic heterocycles. The molecule has 0 spiro atoms. The van der Waals surface area contributed by atoms with Crippen molar-refractivity contribution in [2.45, 2.75) is 0 Å². The van der Waals surface area contributed by atoms with Gasteiger partial charge in [0.15, 0.2) is 4.31 Å². The molecule has 0 aliphatic carbocycles. The molecule has 14 heavy (non-hydrogen) atoms. The Morgan fingerprint density at radius 2 is 1.43 bits per heavy atom. The second-order valence-corrected chi connectivity index (χ2v) is 3.35. The van der Waals surface area contributed by atoms with Crippen molar-refractivity contribution in [2.75, 3.05) is 0 Å². The first-order valence-corrected chi connectivity index (χ1v) is 5.21. The van der Waals surface area contributed by atoms with Crippen molar-refractivity contribution in [3.63, 3.8) is 0 Å². The van der Waals surface area contributed by atoms with Crippen molar-refractivity contribution in [1.82, 2.24) is 5.32 Å². The molecule has 2 unspecified atom stereocenters. The number of nitrogens with one attached hydrogen (secondary N) is 1. The molecule has 8 nitrogen and oxygen atoms in total. The number of amides is 2. The minimum absolute atomic E-state index is 0.329. The van der Waals surface area contributed by atoms with E-state index in [0.717, 1.165) is 0 Å². The quantitative estimate of drug-likeness (QED) is 0.438. The van der Waals surface area contributed by atoms with Crippen molar-refractivity contribution in [1.29, 1.82) is 0 Å². The van der Waals surface area contributed by atoms with Gasteiger partial charge in [-0.15, -0.1) is 9.79 Å². The van der Waals surface area contributed by atoms with E-state index < -0.39 is 16.5 Å². The molecule has 0 aromatic rings. The predicted octanol–water partition coefficient (Wildman–Crippen LogP) is -0.499. The average Bonchev–Trinajstić information content (AvgIpc) is 2.32. The third-order valence-electron chi connectivity index (χ3n) is 0.772. The Labute approximate surface area is 79.5 Å². The van der Waals surface area contributed by atoms with Gasteiger partial charge in [0.1, 0.15) is 0 Å². The fourth-order valence-corrected chi connectivity index (χ4v) is 0.894. The topological polar surface area (TPSA) is 130 Å². The van der Waals surface area contributed by atoms with E-state index in [2.05, 4.69) is 4.31 Å². The van der Waals surface area contributed by atoms with Crippen molar-refractivity contribution in [2.24, 2.45) is 0 Å². The summed E-state index contributed by atoms with van der Waals surface area (Å²) in [4.78, 5) is 35.4. The molecule has 2 amide bonds. The third-order valence-corrected chi connectivity index (χ3v) is 1.89. The van der Waals surface area contributed by atoms with Gasteiger partial charge in [0, 0.05) is 21.3 Å².